The number of ether oxygens (including phenoxy) is 1. The van der Waals surface area contributed by atoms with Crippen molar-refractivity contribution in [3.63, 3.8) is 0 Å². The van der Waals surface area contributed by atoms with Crippen LogP contribution in [-0.2, 0) is 16.0 Å². The summed E-state index contributed by atoms with van der Waals surface area (Å²) in [5.74, 6) is -0.870. The van der Waals surface area contributed by atoms with Crippen LogP contribution in [0.4, 0.5) is 10.5 Å². The van der Waals surface area contributed by atoms with Crippen LogP contribution in [0.3, 0.4) is 0 Å². The molecule has 1 rings (SSSR count). The largest absolute Gasteiger partial charge is 0.481 e. The number of anilines is 1. The molecule has 0 aliphatic heterocycles. The van der Waals surface area contributed by atoms with Crippen molar-refractivity contribution in [2.75, 3.05) is 18.4 Å². The second-order valence-corrected chi connectivity index (χ2v) is 6.49. The van der Waals surface area contributed by atoms with Crippen LogP contribution in [-0.4, -0.2) is 41.0 Å². The van der Waals surface area contributed by atoms with Crippen molar-refractivity contribution in [1.29, 1.82) is 0 Å². The van der Waals surface area contributed by atoms with E-state index in [9.17, 15) is 9.59 Å². The Kier molecular flexibility index (Phi) is 7.44. The van der Waals surface area contributed by atoms with Gasteiger partial charge in [-0.15, -0.1) is 0 Å². The summed E-state index contributed by atoms with van der Waals surface area (Å²) in [6.45, 7) is 6.21. The highest BCUT2D eigenvalue weighted by molar-refractivity contribution is 7.80. The Hall–Kier alpha value is -2.35. The van der Waals surface area contributed by atoms with E-state index in [-0.39, 0.29) is 6.42 Å². The zero-order valence-corrected chi connectivity index (χ0v) is 14.8. The number of rotatable bonds is 6. The van der Waals surface area contributed by atoms with E-state index >= 15 is 0 Å². The maximum Gasteiger partial charge on any atom is 0.407 e. The maximum atomic E-state index is 11.5. The highest BCUT2D eigenvalue weighted by Crippen LogP contribution is 2.10. The van der Waals surface area contributed by atoms with E-state index in [0.29, 0.717) is 23.8 Å². The summed E-state index contributed by atoms with van der Waals surface area (Å²) in [4.78, 5) is 22.1. The number of nitrogens with one attached hydrogen (secondary N) is 3. The fraction of sp³-hybridized carbons (Fsp3) is 0.438. The van der Waals surface area contributed by atoms with Crippen LogP contribution in [0.1, 0.15) is 26.3 Å². The molecule has 0 spiro atoms. The van der Waals surface area contributed by atoms with E-state index in [1.807, 2.05) is 0 Å². The minimum atomic E-state index is -0.870. The Morgan fingerprint density at radius 2 is 1.71 bits per heavy atom. The van der Waals surface area contributed by atoms with Crippen molar-refractivity contribution in [1.82, 2.24) is 10.6 Å². The molecule has 0 bridgehead atoms. The number of benzene rings is 1. The van der Waals surface area contributed by atoms with Gasteiger partial charge in [0.1, 0.15) is 5.60 Å². The van der Waals surface area contributed by atoms with Gasteiger partial charge >= 0.3 is 12.1 Å². The van der Waals surface area contributed by atoms with Crippen molar-refractivity contribution < 1.29 is 19.4 Å². The van der Waals surface area contributed by atoms with Crippen molar-refractivity contribution in [3.05, 3.63) is 29.8 Å². The molecule has 0 fully saturated rings. The van der Waals surface area contributed by atoms with Crippen LogP contribution in [0.2, 0.25) is 0 Å². The molecule has 1 amide bonds. The Labute approximate surface area is 146 Å². The van der Waals surface area contributed by atoms with E-state index in [2.05, 4.69) is 16.0 Å². The molecule has 0 saturated carbocycles. The molecule has 0 aliphatic rings. The molecule has 24 heavy (non-hydrogen) atoms. The van der Waals surface area contributed by atoms with Gasteiger partial charge in [0.25, 0.3) is 0 Å². The summed E-state index contributed by atoms with van der Waals surface area (Å²) >= 11 is 5.15. The first-order valence-electron chi connectivity index (χ1n) is 7.48. The first kappa shape index (κ1) is 19.7. The monoisotopic (exact) mass is 353 g/mol. The Morgan fingerprint density at radius 3 is 2.25 bits per heavy atom. The topological polar surface area (TPSA) is 99.7 Å². The number of carboxylic acids is 1. The van der Waals surface area contributed by atoms with Gasteiger partial charge in [-0.3, -0.25) is 4.79 Å². The number of alkyl carbamates (subject to hydrolysis) is 1. The summed E-state index contributed by atoms with van der Waals surface area (Å²) in [5.41, 5.74) is 0.941. The second-order valence-electron chi connectivity index (χ2n) is 6.08. The van der Waals surface area contributed by atoms with Gasteiger partial charge in [-0.25, -0.2) is 4.79 Å². The lowest BCUT2D eigenvalue weighted by Crippen LogP contribution is -2.39. The SMILES string of the molecule is CC(C)(C)OC(=O)NCCNC(=S)Nc1ccc(CC(=O)O)cc1. The summed E-state index contributed by atoms with van der Waals surface area (Å²) in [6.07, 6.45) is -0.489. The Bertz CT molecular complexity index is 582. The normalized spacial score (nSPS) is 10.6. The molecule has 0 atom stereocenters. The summed E-state index contributed by atoms with van der Waals surface area (Å²) in [5, 5.41) is 17.7. The van der Waals surface area contributed by atoms with Gasteiger partial charge in [0.2, 0.25) is 0 Å². The van der Waals surface area contributed by atoms with E-state index in [0.717, 1.165) is 5.69 Å². The van der Waals surface area contributed by atoms with Gasteiger partial charge in [0.15, 0.2) is 5.11 Å². The van der Waals surface area contributed by atoms with Gasteiger partial charge in [0.05, 0.1) is 6.42 Å². The van der Waals surface area contributed by atoms with Crippen LogP contribution < -0.4 is 16.0 Å². The third kappa shape index (κ3) is 8.94. The van der Waals surface area contributed by atoms with E-state index in [1.54, 1.807) is 45.0 Å². The summed E-state index contributed by atoms with van der Waals surface area (Å²) in [6, 6.07) is 6.96. The number of carboxylic acid groups (broad SMARTS) is 1. The van der Waals surface area contributed by atoms with Gasteiger partial charge in [-0.2, -0.15) is 0 Å². The zero-order valence-electron chi connectivity index (χ0n) is 14.0. The second kappa shape index (κ2) is 9.07. The fourth-order valence-electron chi connectivity index (χ4n) is 1.71. The molecule has 0 saturated heterocycles. The van der Waals surface area contributed by atoms with Crippen molar-refractivity contribution in [2.24, 2.45) is 0 Å². The van der Waals surface area contributed by atoms with Crippen LogP contribution in [0.15, 0.2) is 24.3 Å². The highest BCUT2D eigenvalue weighted by atomic mass is 32.1. The first-order valence-corrected chi connectivity index (χ1v) is 7.89. The fourth-order valence-corrected chi connectivity index (χ4v) is 1.93. The molecule has 4 N–H and O–H groups in total. The van der Waals surface area contributed by atoms with Gasteiger partial charge in [0, 0.05) is 18.8 Å². The summed E-state index contributed by atoms with van der Waals surface area (Å²) in [7, 11) is 0. The number of aliphatic carboxylic acids is 1. The van der Waals surface area contributed by atoms with Gasteiger partial charge in [-0.05, 0) is 50.7 Å². The molecule has 0 heterocycles. The van der Waals surface area contributed by atoms with E-state index in [4.69, 9.17) is 22.1 Å². The maximum absolute atomic E-state index is 11.5. The molecule has 0 unspecified atom stereocenters. The smallest absolute Gasteiger partial charge is 0.407 e. The van der Waals surface area contributed by atoms with Gasteiger partial charge in [-0.1, -0.05) is 12.1 Å². The van der Waals surface area contributed by atoms with Crippen LogP contribution >= 0.6 is 12.2 Å². The van der Waals surface area contributed by atoms with Crippen LogP contribution in [0, 0.1) is 0 Å². The number of amides is 1. The average molecular weight is 353 g/mol. The molecule has 0 radical (unpaired) electrons. The van der Waals surface area contributed by atoms with Crippen molar-refractivity contribution in [2.45, 2.75) is 32.8 Å². The van der Waals surface area contributed by atoms with Crippen LogP contribution in [0.25, 0.3) is 0 Å². The lowest BCUT2D eigenvalue weighted by atomic mass is 10.1. The number of carbonyl (C=O) groups is 2. The van der Waals surface area contributed by atoms with E-state index in [1.165, 1.54) is 0 Å². The first-order chi connectivity index (χ1) is 11.2. The van der Waals surface area contributed by atoms with Crippen LogP contribution in [0.5, 0.6) is 0 Å². The molecule has 8 heteroatoms. The molecular formula is C16H23N3O4S. The predicted molar refractivity (Wildman–Crippen MR) is 96.2 cm³/mol. The third-order valence-corrected chi connectivity index (χ3v) is 2.89. The molecule has 132 valence electrons. The number of carbonyl (C=O) groups excluding carboxylic acids is 1. The predicted octanol–water partition coefficient (Wildman–Crippen LogP) is 2.12. The standard InChI is InChI=1S/C16H23N3O4S/c1-16(2,3)23-15(22)18-9-8-17-14(24)19-12-6-4-11(5-7-12)10-13(20)21/h4-7H,8-10H2,1-3H3,(H,18,22)(H,20,21)(H2,17,19,24). The number of hydrogen-bond acceptors (Lipinski definition) is 4. The third-order valence-electron chi connectivity index (χ3n) is 2.65. The number of thiocarbonyl (C=S) groups is 1. The Balaban J connectivity index is 2.27. The average Bonchev–Trinajstić information content (AvgIpc) is 2.43. The van der Waals surface area contributed by atoms with Crippen molar-refractivity contribution >= 4 is 35.1 Å². The molecule has 0 aromatic heterocycles. The zero-order chi connectivity index (χ0) is 18.2. The van der Waals surface area contributed by atoms with Crippen molar-refractivity contribution in [3.8, 4) is 0 Å². The van der Waals surface area contributed by atoms with Gasteiger partial charge < -0.3 is 25.8 Å². The quantitative estimate of drug-likeness (QED) is 0.459. The minimum absolute atomic E-state index is 0.0146. The minimum Gasteiger partial charge on any atom is -0.481 e. The molecule has 7 nitrogen and oxygen atoms in total. The van der Waals surface area contributed by atoms with E-state index < -0.39 is 17.7 Å². The lowest BCUT2D eigenvalue weighted by molar-refractivity contribution is -0.136. The molecule has 1 aromatic rings. The highest BCUT2D eigenvalue weighted by Gasteiger charge is 2.15. The number of hydrogen-bond donors (Lipinski definition) is 4. The lowest BCUT2D eigenvalue weighted by Gasteiger charge is -2.19. The molecule has 0 aliphatic carbocycles. The Morgan fingerprint density at radius 1 is 1.12 bits per heavy atom. The molecular weight excluding hydrogens is 330 g/mol. The molecule has 1 aromatic carbocycles. The summed E-state index contributed by atoms with van der Waals surface area (Å²) < 4.78 is 5.11.